The van der Waals surface area contributed by atoms with Crippen LogP contribution >= 0.6 is 11.6 Å². The smallest absolute Gasteiger partial charge is 0.342 e. The molecule has 0 fully saturated rings. The van der Waals surface area contributed by atoms with Crippen LogP contribution in [0.1, 0.15) is 21.9 Å². The van der Waals surface area contributed by atoms with Gasteiger partial charge in [0.05, 0.1) is 17.8 Å². The average Bonchev–Trinajstić information content (AvgIpc) is 2.75. The fourth-order valence-electron chi connectivity index (χ4n) is 2.06. The molecule has 0 spiro atoms. The number of carbonyl (C=O) groups is 1. The summed E-state index contributed by atoms with van der Waals surface area (Å²) >= 11 is 5.95. The van der Waals surface area contributed by atoms with Crippen molar-refractivity contribution < 1.29 is 22.4 Å². The maximum atomic E-state index is 12.6. The van der Waals surface area contributed by atoms with Crippen molar-refractivity contribution in [2.75, 3.05) is 11.8 Å². The number of furan rings is 1. The third-order valence-electron chi connectivity index (χ3n) is 2.98. The summed E-state index contributed by atoms with van der Waals surface area (Å²) in [5, 5.41) is 0.239. The van der Waals surface area contributed by atoms with Crippen LogP contribution < -0.4 is 4.72 Å². The van der Waals surface area contributed by atoms with Crippen molar-refractivity contribution in [3.8, 4) is 0 Å². The lowest BCUT2D eigenvalue weighted by molar-refractivity contribution is 0.0595. The van der Waals surface area contributed by atoms with Crippen LogP contribution in [0.4, 0.5) is 5.69 Å². The maximum Gasteiger partial charge on any atom is 0.342 e. The van der Waals surface area contributed by atoms with Crippen LogP contribution in [0.15, 0.2) is 33.6 Å². The molecule has 1 heterocycles. The topological polar surface area (TPSA) is 85.6 Å². The van der Waals surface area contributed by atoms with Gasteiger partial charge in [-0.05, 0) is 26.0 Å². The molecule has 0 radical (unpaired) electrons. The molecular weight excluding hydrogens is 330 g/mol. The summed E-state index contributed by atoms with van der Waals surface area (Å²) in [4.78, 5) is 11.6. The molecule has 0 bridgehead atoms. The van der Waals surface area contributed by atoms with E-state index in [0.717, 1.165) is 0 Å². The molecule has 0 aliphatic carbocycles. The minimum Gasteiger partial charge on any atom is -0.465 e. The Labute approximate surface area is 133 Å². The molecular formula is C14H14ClNO5S. The number of ether oxygens (including phenoxy) is 1. The van der Waals surface area contributed by atoms with Gasteiger partial charge in [0.2, 0.25) is 0 Å². The predicted octanol–water partition coefficient (Wildman–Crippen LogP) is 3.14. The molecule has 2 aromatic rings. The van der Waals surface area contributed by atoms with Gasteiger partial charge in [-0.2, -0.15) is 0 Å². The van der Waals surface area contributed by atoms with Gasteiger partial charge in [-0.15, -0.1) is 0 Å². The highest BCUT2D eigenvalue weighted by Gasteiger charge is 2.31. The van der Waals surface area contributed by atoms with Crippen molar-refractivity contribution in [1.82, 2.24) is 0 Å². The van der Waals surface area contributed by atoms with Crippen molar-refractivity contribution >= 4 is 33.3 Å². The molecule has 0 saturated heterocycles. The lowest BCUT2D eigenvalue weighted by atomic mass is 10.2. The molecule has 6 nitrogen and oxygen atoms in total. The standard InChI is InChI=1S/C14H14ClNO5S/c1-8-12(14(17)20-3)13(9(2)21-8)22(18,19)16-11-7-5-4-6-10(11)15/h4-7,16H,1-3H3. The van der Waals surface area contributed by atoms with E-state index in [4.69, 9.17) is 16.0 Å². The van der Waals surface area contributed by atoms with E-state index in [2.05, 4.69) is 9.46 Å². The number of nitrogens with one attached hydrogen (secondary N) is 1. The molecule has 8 heteroatoms. The Hall–Kier alpha value is -1.99. The highest BCUT2D eigenvalue weighted by atomic mass is 35.5. The molecule has 0 saturated carbocycles. The van der Waals surface area contributed by atoms with Gasteiger partial charge in [0.25, 0.3) is 10.0 Å². The molecule has 0 atom stereocenters. The number of rotatable bonds is 4. The highest BCUT2D eigenvalue weighted by Crippen LogP contribution is 2.30. The monoisotopic (exact) mass is 343 g/mol. The fraction of sp³-hybridized carbons (Fsp3) is 0.214. The Morgan fingerprint density at radius 1 is 1.23 bits per heavy atom. The van der Waals surface area contributed by atoms with E-state index in [1.165, 1.54) is 27.0 Å². The van der Waals surface area contributed by atoms with Crippen LogP contribution in [-0.4, -0.2) is 21.5 Å². The van der Waals surface area contributed by atoms with Crippen molar-refractivity contribution in [2.45, 2.75) is 18.7 Å². The first kappa shape index (κ1) is 16.4. The van der Waals surface area contributed by atoms with E-state index in [0.29, 0.717) is 0 Å². The molecule has 0 aliphatic rings. The van der Waals surface area contributed by atoms with E-state index >= 15 is 0 Å². The number of sulfonamides is 1. The zero-order valence-corrected chi connectivity index (χ0v) is 13.7. The number of para-hydroxylation sites is 1. The molecule has 1 aromatic carbocycles. The van der Waals surface area contributed by atoms with Gasteiger partial charge in [-0.3, -0.25) is 4.72 Å². The Bertz CT molecular complexity index is 826. The van der Waals surface area contributed by atoms with Crippen LogP contribution in [0.3, 0.4) is 0 Å². The zero-order chi connectivity index (χ0) is 16.5. The molecule has 118 valence electrons. The van der Waals surface area contributed by atoms with Crippen molar-refractivity contribution in [3.05, 3.63) is 46.4 Å². The first-order valence-electron chi connectivity index (χ1n) is 6.23. The summed E-state index contributed by atoms with van der Waals surface area (Å²) < 4.78 is 37.4. The Morgan fingerprint density at radius 2 is 1.86 bits per heavy atom. The largest absolute Gasteiger partial charge is 0.465 e. The number of hydrogen-bond donors (Lipinski definition) is 1. The lowest BCUT2D eigenvalue weighted by Gasteiger charge is -2.10. The first-order valence-corrected chi connectivity index (χ1v) is 8.09. The van der Waals surface area contributed by atoms with Gasteiger partial charge >= 0.3 is 5.97 Å². The number of benzene rings is 1. The van der Waals surface area contributed by atoms with E-state index in [9.17, 15) is 13.2 Å². The Balaban J connectivity index is 2.55. The maximum absolute atomic E-state index is 12.6. The van der Waals surface area contributed by atoms with Gasteiger partial charge in [-0.1, -0.05) is 23.7 Å². The summed E-state index contributed by atoms with van der Waals surface area (Å²) in [7, 11) is -2.89. The predicted molar refractivity (Wildman–Crippen MR) is 81.8 cm³/mol. The van der Waals surface area contributed by atoms with Crippen LogP contribution in [0.2, 0.25) is 5.02 Å². The molecule has 1 aromatic heterocycles. The number of esters is 1. The summed E-state index contributed by atoms with van der Waals surface area (Å²) in [5.74, 6) is -0.518. The van der Waals surface area contributed by atoms with Crippen LogP contribution in [-0.2, 0) is 14.8 Å². The molecule has 2 rings (SSSR count). The second-order valence-electron chi connectivity index (χ2n) is 4.50. The van der Waals surface area contributed by atoms with Crippen LogP contribution in [0.25, 0.3) is 0 Å². The summed E-state index contributed by atoms with van der Waals surface area (Å²) in [6.45, 7) is 2.95. The van der Waals surface area contributed by atoms with Gasteiger partial charge in [0.15, 0.2) is 0 Å². The van der Waals surface area contributed by atoms with E-state index in [-0.39, 0.29) is 32.7 Å². The minimum atomic E-state index is -4.06. The zero-order valence-electron chi connectivity index (χ0n) is 12.1. The van der Waals surface area contributed by atoms with Crippen LogP contribution in [0.5, 0.6) is 0 Å². The molecule has 0 aliphatic heterocycles. The molecule has 0 amide bonds. The molecule has 22 heavy (non-hydrogen) atoms. The van der Waals surface area contributed by atoms with Crippen molar-refractivity contribution in [1.29, 1.82) is 0 Å². The third kappa shape index (κ3) is 2.95. The fourth-order valence-corrected chi connectivity index (χ4v) is 3.79. The quantitative estimate of drug-likeness (QED) is 0.862. The number of methoxy groups -OCH3 is 1. The summed E-state index contributed by atoms with van der Waals surface area (Å²) in [6.07, 6.45) is 0. The summed E-state index contributed by atoms with van der Waals surface area (Å²) in [5.41, 5.74) is 0.0813. The van der Waals surface area contributed by atoms with Crippen molar-refractivity contribution in [2.24, 2.45) is 0 Å². The molecule has 0 unspecified atom stereocenters. The van der Waals surface area contributed by atoms with E-state index < -0.39 is 16.0 Å². The third-order valence-corrected chi connectivity index (χ3v) is 4.83. The van der Waals surface area contributed by atoms with E-state index in [1.807, 2.05) is 0 Å². The number of anilines is 1. The lowest BCUT2D eigenvalue weighted by Crippen LogP contribution is -2.17. The summed E-state index contributed by atoms with van der Waals surface area (Å²) in [6, 6.07) is 6.37. The highest BCUT2D eigenvalue weighted by molar-refractivity contribution is 7.92. The normalized spacial score (nSPS) is 11.3. The second kappa shape index (κ2) is 6.02. The minimum absolute atomic E-state index is 0.0949. The van der Waals surface area contributed by atoms with Gasteiger partial charge < -0.3 is 9.15 Å². The number of carbonyl (C=O) groups excluding carboxylic acids is 1. The Morgan fingerprint density at radius 3 is 2.45 bits per heavy atom. The average molecular weight is 344 g/mol. The SMILES string of the molecule is COC(=O)c1c(C)oc(C)c1S(=O)(=O)Nc1ccccc1Cl. The first-order chi connectivity index (χ1) is 10.3. The molecule has 1 N–H and O–H groups in total. The van der Waals surface area contributed by atoms with E-state index in [1.54, 1.807) is 18.2 Å². The number of aryl methyl sites for hydroxylation is 2. The second-order valence-corrected chi connectivity index (χ2v) is 6.52. The number of hydrogen-bond acceptors (Lipinski definition) is 5. The van der Waals surface area contributed by atoms with Gasteiger partial charge in [-0.25, -0.2) is 13.2 Å². The Kier molecular flexibility index (Phi) is 4.48. The van der Waals surface area contributed by atoms with Crippen molar-refractivity contribution in [3.63, 3.8) is 0 Å². The van der Waals surface area contributed by atoms with Gasteiger partial charge in [0, 0.05) is 0 Å². The number of halogens is 1. The van der Waals surface area contributed by atoms with Gasteiger partial charge in [0.1, 0.15) is 22.0 Å². The van der Waals surface area contributed by atoms with Crippen LogP contribution in [0, 0.1) is 13.8 Å².